The molecule has 0 spiro atoms. The molecular weight excluding hydrogens is 226 g/mol. The van der Waals surface area contributed by atoms with Crippen molar-refractivity contribution in [2.75, 3.05) is 5.75 Å². The Hall–Kier alpha value is -1.81. The summed E-state index contributed by atoms with van der Waals surface area (Å²) in [5, 5.41) is 16.4. The van der Waals surface area contributed by atoms with E-state index >= 15 is 0 Å². The van der Waals surface area contributed by atoms with Gasteiger partial charge in [0.05, 0.1) is 17.6 Å². The summed E-state index contributed by atoms with van der Waals surface area (Å²) in [5.74, 6) is 1.96. The highest BCUT2D eigenvalue weighted by molar-refractivity contribution is 7.98. The standard InChI is InChI=1S/C9H9N5OS/c1-14-4-2-7(12-14)9-11-8(15-13-9)6-16-5-3-10/h2,4H,5-6H2,1H3. The average molecular weight is 235 g/mol. The van der Waals surface area contributed by atoms with E-state index in [9.17, 15) is 0 Å². The van der Waals surface area contributed by atoms with Gasteiger partial charge in [-0.15, -0.1) is 11.8 Å². The van der Waals surface area contributed by atoms with Crippen molar-refractivity contribution in [1.29, 1.82) is 5.26 Å². The van der Waals surface area contributed by atoms with Crippen LogP contribution in [0.15, 0.2) is 16.8 Å². The summed E-state index contributed by atoms with van der Waals surface area (Å²) in [6.07, 6.45) is 1.82. The molecule has 0 fully saturated rings. The van der Waals surface area contributed by atoms with Crippen LogP contribution in [-0.4, -0.2) is 25.7 Å². The fourth-order valence-electron chi connectivity index (χ4n) is 1.14. The van der Waals surface area contributed by atoms with Gasteiger partial charge in [0.2, 0.25) is 11.7 Å². The molecule has 2 aromatic rings. The number of rotatable bonds is 4. The molecule has 7 heteroatoms. The molecule has 0 saturated heterocycles. The monoisotopic (exact) mass is 235 g/mol. The highest BCUT2D eigenvalue weighted by atomic mass is 32.2. The minimum absolute atomic E-state index is 0.418. The maximum atomic E-state index is 8.38. The van der Waals surface area contributed by atoms with Crippen molar-refractivity contribution in [1.82, 2.24) is 19.9 Å². The van der Waals surface area contributed by atoms with Crippen LogP contribution in [0, 0.1) is 11.3 Å². The lowest BCUT2D eigenvalue weighted by molar-refractivity contribution is 0.391. The number of thioether (sulfide) groups is 1. The molecule has 2 aromatic heterocycles. The van der Waals surface area contributed by atoms with Crippen LogP contribution in [-0.2, 0) is 12.8 Å². The Labute approximate surface area is 96.3 Å². The zero-order valence-corrected chi connectivity index (χ0v) is 9.44. The lowest BCUT2D eigenvalue weighted by atomic mass is 10.4. The molecule has 0 aliphatic heterocycles. The van der Waals surface area contributed by atoms with Gasteiger partial charge in [0, 0.05) is 13.2 Å². The van der Waals surface area contributed by atoms with Gasteiger partial charge < -0.3 is 4.52 Å². The first-order chi connectivity index (χ1) is 7.79. The van der Waals surface area contributed by atoms with Crippen molar-refractivity contribution < 1.29 is 4.52 Å². The predicted molar refractivity (Wildman–Crippen MR) is 58.3 cm³/mol. The van der Waals surface area contributed by atoms with Gasteiger partial charge in [-0.2, -0.15) is 15.3 Å². The van der Waals surface area contributed by atoms with E-state index in [4.69, 9.17) is 9.78 Å². The zero-order valence-electron chi connectivity index (χ0n) is 8.62. The van der Waals surface area contributed by atoms with Gasteiger partial charge in [0.1, 0.15) is 5.69 Å². The smallest absolute Gasteiger partial charge is 0.237 e. The Kier molecular flexibility index (Phi) is 3.22. The number of nitrogens with zero attached hydrogens (tertiary/aromatic N) is 5. The maximum absolute atomic E-state index is 8.38. The molecule has 0 unspecified atom stereocenters. The summed E-state index contributed by atoms with van der Waals surface area (Å²) >= 11 is 1.44. The molecule has 2 rings (SSSR count). The van der Waals surface area contributed by atoms with Crippen molar-refractivity contribution in [2.24, 2.45) is 7.05 Å². The van der Waals surface area contributed by atoms with E-state index < -0.39 is 0 Å². The Morgan fingerprint density at radius 2 is 2.50 bits per heavy atom. The van der Waals surface area contributed by atoms with Crippen LogP contribution in [0.3, 0.4) is 0 Å². The molecule has 2 heterocycles. The van der Waals surface area contributed by atoms with Crippen molar-refractivity contribution >= 4 is 11.8 Å². The molecule has 0 N–H and O–H groups in total. The third-order valence-corrected chi connectivity index (χ3v) is 2.59. The number of aryl methyl sites for hydroxylation is 1. The number of nitriles is 1. The van der Waals surface area contributed by atoms with Crippen LogP contribution in [0.2, 0.25) is 0 Å². The molecule has 0 aliphatic rings. The number of hydrogen-bond acceptors (Lipinski definition) is 6. The third kappa shape index (κ3) is 2.41. The van der Waals surface area contributed by atoms with Gasteiger partial charge in [-0.05, 0) is 6.07 Å². The summed E-state index contributed by atoms with van der Waals surface area (Å²) < 4.78 is 6.71. The Bertz CT molecular complexity index is 512. The molecule has 6 nitrogen and oxygen atoms in total. The molecule has 0 saturated carbocycles. The number of aromatic nitrogens is 4. The minimum atomic E-state index is 0.418. The molecular formula is C9H9N5OS. The van der Waals surface area contributed by atoms with Crippen molar-refractivity contribution in [3.8, 4) is 17.6 Å². The van der Waals surface area contributed by atoms with Crippen LogP contribution >= 0.6 is 11.8 Å². The first kappa shape index (κ1) is 10.7. The lowest BCUT2D eigenvalue weighted by Gasteiger charge is -1.87. The zero-order chi connectivity index (χ0) is 11.4. The Morgan fingerprint density at radius 1 is 1.62 bits per heavy atom. The number of hydrogen-bond donors (Lipinski definition) is 0. The van der Waals surface area contributed by atoms with Gasteiger partial charge in [0.25, 0.3) is 0 Å². The largest absolute Gasteiger partial charge is 0.338 e. The van der Waals surface area contributed by atoms with Crippen LogP contribution in [0.4, 0.5) is 0 Å². The van der Waals surface area contributed by atoms with E-state index in [1.165, 1.54) is 11.8 Å². The van der Waals surface area contributed by atoms with Crippen molar-refractivity contribution in [3.05, 3.63) is 18.2 Å². The van der Waals surface area contributed by atoms with Gasteiger partial charge in [0.15, 0.2) is 0 Å². The fraction of sp³-hybridized carbons (Fsp3) is 0.333. The second-order valence-electron chi connectivity index (χ2n) is 3.04. The molecule has 0 atom stereocenters. The van der Waals surface area contributed by atoms with E-state index in [1.807, 2.05) is 25.4 Å². The topological polar surface area (TPSA) is 80.5 Å². The highest BCUT2D eigenvalue weighted by Crippen LogP contribution is 2.15. The molecule has 0 amide bonds. The fourth-order valence-corrected chi connectivity index (χ4v) is 1.62. The summed E-state index contributed by atoms with van der Waals surface area (Å²) in [7, 11) is 1.83. The van der Waals surface area contributed by atoms with Crippen molar-refractivity contribution in [2.45, 2.75) is 5.75 Å². The van der Waals surface area contributed by atoms with Crippen LogP contribution in [0.1, 0.15) is 5.89 Å². The molecule has 16 heavy (non-hydrogen) atoms. The third-order valence-electron chi connectivity index (χ3n) is 1.80. The van der Waals surface area contributed by atoms with Gasteiger partial charge in [-0.1, -0.05) is 5.16 Å². The maximum Gasteiger partial charge on any atom is 0.237 e. The molecule has 0 bridgehead atoms. The van der Waals surface area contributed by atoms with Gasteiger partial charge in [-0.25, -0.2) is 0 Å². The molecule has 0 aliphatic carbocycles. The van der Waals surface area contributed by atoms with Crippen molar-refractivity contribution in [3.63, 3.8) is 0 Å². The van der Waals surface area contributed by atoms with E-state index in [0.29, 0.717) is 28.9 Å². The Morgan fingerprint density at radius 3 is 3.19 bits per heavy atom. The average Bonchev–Trinajstić information content (AvgIpc) is 2.87. The van der Waals surface area contributed by atoms with E-state index in [-0.39, 0.29) is 0 Å². The second-order valence-corrected chi connectivity index (χ2v) is 4.02. The first-order valence-corrected chi connectivity index (χ1v) is 5.72. The lowest BCUT2D eigenvalue weighted by Crippen LogP contribution is -1.89. The predicted octanol–water partition coefficient (Wildman–Crippen LogP) is 1.23. The normalized spacial score (nSPS) is 10.2. The van der Waals surface area contributed by atoms with Gasteiger partial charge in [-0.3, -0.25) is 4.68 Å². The SMILES string of the molecule is Cn1ccc(-c2noc(CSCC#N)n2)n1. The summed E-state index contributed by atoms with van der Waals surface area (Å²) in [6.45, 7) is 0. The molecule has 0 radical (unpaired) electrons. The summed E-state index contributed by atoms with van der Waals surface area (Å²) in [6, 6.07) is 3.85. The van der Waals surface area contributed by atoms with Crippen LogP contribution < -0.4 is 0 Å². The second kappa shape index (κ2) is 4.81. The first-order valence-electron chi connectivity index (χ1n) is 4.57. The van der Waals surface area contributed by atoms with Gasteiger partial charge >= 0.3 is 0 Å². The van der Waals surface area contributed by atoms with Crippen LogP contribution in [0.25, 0.3) is 11.5 Å². The van der Waals surface area contributed by atoms with E-state index in [1.54, 1.807) is 4.68 Å². The Balaban J connectivity index is 2.05. The van der Waals surface area contributed by atoms with E-state index in [0.717, 1.165) is 0 Å². The highest BCUT2D eigenvalue weighted by Gasteiger charge is 2.10. The summed E-state index contributed by atoms with van der Waals surface area (Å²) in [5.41, 5.74) is 0.683. The molecule has 0 aromatic carbocycles. The minimum Gasteiger partial charge on any atom is -0.338 e. The molecule has 82 valence electrons. The summed E-state index contributed by atoms with van der Waals surface area (Å²) in [4.78, 5) is 4.18. The van der Waals surface area contributed by atoms with Crippen LogP contribution in [0.5, 0.6) is 0 Å². The quantitative estimate of drug-likeness (QED) is 0.741. The van der Waals surface area contributed by atoms with E-state index in [2.05, 4.69) is 15.2 Å².